The fourth-order valence-electron chi connectivity index (χ4n) is 5.84. The topological polar surface area (TPSA) is 172 Å². The molecule has 0 heterocycles. The Morgan fingerprint density at radius 1 is 0.654 bits per heavy atom. The molecule has 0 aliphatic rings. The van der Waals surface area contributed by atoms with E-state index in [1.165, 1.54) is 19.1 Å². The summed E-state index contributed by atoms with van der Waals surface area (Å²) >= 11 is 0. The number of ether oxygens (including phenoxy) is 2. The number of rotatable bonds is 19. The van der Waals surface area contributed by atoms with Gasteiger partial charge in [0.1, 0.15) is 35.8 Å². The van der Waals surface area contributed by atoms with Crippen LogP contribution in [-0.4, -0.2) is 90.6 Å². The van der Waals surface area contributed by atoms with E-state index in [4.69, 9.17) is 9.47 Å². The second kappa shape index (κ2) is 21.4. The van der Waals surface area contributed by atoms with Crippen molar-refractivity contribution in [1.82, 2.24) is 26.2 Å². The molecule has 0 unspecified atom stereocenters. The van der Waals surface area contributed by atoms with Crippen molar-refractivity contribution in [3.8, 4) is 0 Å². The molecular weight excluding hydrogens is 666 g/mol. The van der Waals surface area contributed by atoms with Crippen molar-refractivity contribution < 1.29 is 38.2 Å². The lowest BCUT2D eigenvalue weighted by molar-refractivity contribution is -0.146. The van der Waals surface area contributed by atoms with Gasteiger partial charge in [-0.2, -0.15) is 0 Å². The number of nitrogens with zero attached hydrogens (tertiary/aromatic N) is 1. The predicted molar refractivity (Wildman–Crippen MR) is 201 cm³/mol. The summed E-state index contributed by atoms with van der Waals surface area (Å²) in [5.41, 5.74) is 0.0516. The molecule has 1 aromatic carbocycles. The van der Waals surface area contributed by atoms with Gasteiger partial charge in [0.05, 0.1) is 7.11 Å². The SMILES string of the molecule is COC(=O)[C@H](Cc1ccccc1)NC(=O)[C@H](CC(C)C)NC(=O)[C@H](C(C)C)N(C)C(=O)[C@H](CC(C)C)NC(=O)[C@H](CC(C)C)NC(=O)OC(C)(C)C. The van der Waals surface area contributed by atoms with Crippen molar-refractivity contribution in [2.75, 3.05) is 14.2 Å². The quantitative estimate of drug-likeness (QED) is 0.152. The monoisotopic (exact) mass is 731 g/mol. The summed E-state index contributed by atoms with van der Waals surface area (Å²) in [6, 6.07) is 4.23. The van der Waals surface area contributed by atoms with Crippen LogP contribution in [0, 0.1) is 23.7 Å². The Balaban J connectivity index is 3.30. The number of benzene rings is 1. The van der Waals surface area contributed by atoms with Gasteiger partial charge in [0.25, 0.3) is 0 Å². The molecule has 13 heteroatoms. The van der Waals surface area contributed by atoms with Crippen molar-refractivity contribution in [3.05, 3.63) is 35.9 Å². The first-order chi connectivity index (χ1) is 24.1. The zero-order valence-corrected chi connectivity index (χ0v) is 33.6. The highest BCUT2D eigenvalue weighted by Crippen LogP contribution is 2.17. The number of hydrogen-bond acceptors (Lipinski definition) is 8. The number of carbonyl (C=O) groups excluding carboxylic acids is 6. The fraction of sp³-hybridized carbons (Fsp3) is 0.692. The first-order valence-electron chi connectivity index (χ1n) is 18.3. The third-order valence-electron chi connectivity index (χ3n) is 8.13. The molecule has 0 aliphatic heterocycles. The Hall–Kier alpha value is -4.16. The molecule has 0 aliphatic carbocycles. The lowest BCUT2D eigenvalue weighted by Gasteiger charge is -2.35. The van der Waals surface area contributed by atoms with E-state index in [0.29, 0.717) is 6.42 Å². The van der Waals surface area contributed by atoms with Crippen LogP contribution in [0.15, 0.2) is 30.3 Å². The summed E-state index contributed by atoms with van der Waals surface area (Å²) in [4.78, 5) is 82.0. The minimum atomic E-state index is -1.01. The molecule has 1 rings (SSSR count). The van der Waals surface area contributed by atoms with Gasteiger partial charge < -0.3 is 35.6 Å². The van der Waals surface area contributed by atoms with Crippen molar-refractivity contribution >= 4 is 35.7 Å². The van der Waals surface area contributed by atoms with Gasteiger partial charge in [-0.15, -0.1) is 0 Å². The Kier molecular flexibility index (Phi) is 18.9. The van der Waals surface area contributed by atoms with Gasteiger partial charge in [-0.25, -0.2) is 9.59 Å². The van der Waals surface area contributed by atoms with Gasteiger partial charge in [0, 0.05) is 13.5 Å². The maximum Gasteiger partial charge on any atom is 0.408 e. The molecule has 13 nitrogen and oxygen atoms in total. The van der Waals surface area contributed by atoms with E-state index in [9.17, 15) is 28.8 Å². The zero-order valence-electron chi connectivity index (χ0n) is 33.6. The van der Waals surface area contributed by atoms with Crippen LogP contribution in [0.5, 0.6) is 0 Å². The third kappa shape index (κ3) is 16.5. The highest BCUT2D eigenvalue weighted by atomic mass is 16.6. The number of amides is 5. The molecule has 5 amide bonds. The summed E-state index contributed by atoms with van der Waals surface area (Å²) in [5.74, 6) is -3.10. The molecule has 5 atom stereocenters. The molecule has 0 fully saturated rings. The number of likely N-dealkylation sites (N-methyl/N-ethyl adjacent to an activating group) is 1. The van der Waals surface area contributed by atoms with Crippen LogP contribution < -0.4 is 21.3 Å². The van der Waals surface area contributed by atoms with E-state index in [2.05, 4.69) is 21.3 Å². The minimum Gasteiger partial charge on any atom is -0.467 e. The maximum atomic E-state index is 14.1. The smallest absolute Gasteiger partial charge is 0.408 e. The van der Waals surface area contributed by atoms with E-state index >= 15 is 0 Å². The summed E-state index contributed by atoms with van der Waals surface area (Å²) in [6.45, 7) is 20.2. The summed E-state index contributed by atoms with van der Waals surface area (Å²) in [7, 11) is 2.75. The van der Waals surface area contributed by atoms with Gasteiger partial charge in [-0.1, -0.05) is 85.7 Å². The average molecular weight is 732 g/mol. The van der Waals surface area contributed by atoms with Gasteiger partial charge >= 0.3 is 12.1 Å². The van der Waals surface area contributed by atoms with Crippen LogP contribution in [0.3, 0.4) is 0 Å². The minimum absolute atomic E-state index is 0.00248. The van der Waals surface area contributed by atoms with Crippen LogP contribution in [0.1, 0.15) is 101 Å². The van der Waals surface area contributed by atoms with Crippen LogP contribution in [0.25, 0.3) is 0 Å². The fourth-order valence-corrected chi connectivity index (χ4v) is 5.84. The molecule has 1 aromatic rings. The summed E-state index contributed by atoms with van der Waals surface area (Å²) < 4.78 is 10.3. The number of alkyl carbamates (subject to hydrolysis) is 1. The molecule has 4 N–H and O–H groups in total. The zero-order chi connectivity index (χ0) is 39.9. The van der Waals surface area contributed by atoms with E-state index in [-0.39, 0.29) is 42.9 Å². The van der Waals surface area contributed by atoms with E-state index in [0.717, 1.165) is 5.56 Å². The predicted octanol–water partition coefficient (Wildman–Crippen LogP) is 4.37. The lowest BCUT2D eigenvalue weighted by Crippen LogP contribution is -2.60. The van der Waals surface area contributed by atoms with Crippen LogP contribution in [0.2, 0.25) is 0 Å². The number of nitrogens with one attached hydrogen (secondary N) is 4. The second-order valence-electron chi connectivity index (χ2n) is 16.1. The average Bonchev–Trinajstić information content (AvgIpc) is 3.01. The molecular formula is C39H65N5O8. The van der Waals surface area contributed by atoms with Crippen molar-refractivity contribution in [1.29, 1.82) is 0 Å². The van der Waals surface area contributed by atoms with Gasteiger partial charge in [0.2, 0.25) is 23.6 Å². The first-order valence-corrected chi connectivity index (χ1v) is 18.3. The molecule has 294 valence electrons. The molecule has 52 heavy (non-hydrogen) atoms. The van der Waals surface area contributed by atoms with Crippen molar-refractivity contribution in [3.63, 3.8) is 0 Å². The molecule has 0 saturated carbocycles. The van der Waals surface area contributed by atoms with Crippen molar-refractivity contribution in [2.24, 2.45) is 23.7 Å². The first kappa shape index (κ1) is 45.9. The van der Waals surface area contributed by atoms with Gasteiger partial charge in [0.15, 0.2) is 0 Å². The third-order valence-corrected chi connectivity index (χ3v) is 8.13. The molecule has 0 radical (unpaired) electrons. The van der Waals surface area contributed by atoms with E-state index in [1.807, 2.05) is 71.9 Å². The number of hydrogen-bond donors (Lipinski definition) is 4. The highest BCUT2D eigenvalue weighted by molar-refractivity contribution is 5.96. The van der Waals surface area contributed by atoms with Crippen LogP contribution >= 0.6 is 0 Å². The normalized spacial score (nSPS) is 14.6. The van der Waals surface area contributed by atoms with E-state index in [1.54, 1.807) is 34.6 Å². The highest BCUT2D eigenvalue weighted by Gasteiger charge is 2.38. The Labute approximate surface area is 311 Å². The van der Waals surface area contributed by atoms with Crippen LogP contribution in [0.4, 0.5) is 4.79 Å². The number of esters is 1. The molecule has 0 bridgehead atoms. The Morgan fingerprint density at radius 2 is 1.10 bits per heavy atom. The molecule has 0 aromatic heterocycles. The van der Waals surface area contributed by atoms with Gasteiger partial charge in [-0.3, -0.25) is 19.2 Å². The summed E-state index contributed by atoms with van der Waals surface area (Å²) in [5, 5.41) is 11.1. The number of methoxy groups -OCH3 is 1. The van der Waals surface area contributed by atoms with Crippen LogP contribution in [-0.2, 0) is 39.9 Å². The van der Waals surface area contributed by atoms with Gasteiger partial charge in [-0.05, 0) is 69.3 Å². The Bertz CT molecular complexity index is 1330. The molecule has 0 spiro atoms. The Morgan fingerprint density at radius 3 is 1.54 bits per heavy atom. The number of carbonyl (C=O) groups is 6. The largest absolute Gasteiger partial charge is 0.467 e. The standard InChI is InChI=1S/C39H65N5O8/c1-23(2)19-28(33(45)42-31(37(49)51-13)22-27-17-15-14-16-18-27)40-35(47)32(26(7)8)44(12)36(48)30(21-25(5)6)41-34(46)29(20-24(3)4)43-38(50)52-39(9,10)11/h14-18,23-26,28-32H,19-22H2,1-13H3,(H,40,47)(H,41,46)(H,42,45)(H,43,50)/t28-,29-,30-,31-,32-/m0/s1. The second-order valence-corrected chi connectivity index (χ2v) is 16.1. The van der Waals surface area contributed by atoms with Crippen molar-refractivity contribution in [2.45, 2.75) is 138 Å². The lowest BCUT2D eigenvalue weighted by atomic mass is 9.96. The summed E-state index contributed by atoms with van der Waals surface area (Å²) in [6.07, 6.45) is 0.306. The molecule has 0 saturated heterocycles. The maximum absolute atomic E-state index is 14.1. The van der Waals surface area contributed by atoms with E-state index < -0.39 is 71.5 Å².